The van der Waals surface area contributed by atoms with E-state index in [-0.39, 0.29) is 17.4 Å². The lowest BCUT2D eigenvalue weighted by Crippen LogP contribution is -2.14. The van der Waals surface area contributed by atoms with Gasteiger partial charge in [0.25, 0.3) is 0 Å². The molecule has 0 amide bonds. The minimum absolute atomic E-state index is 0.0375. The number of rotatable bonds is 6. The fraction of sp³-hybridized carbons (Fsp3) is 0.630. The van der Waals surface area contributed by atoms with Gasteiger partial charge >= 0.3 is 0 Å². The molecule has 29 heavy (non-hydrogen) atoms. The predicted molar refractivity (Wildman–Crippen MR) is 118 cm³/mol. The fourth-order valence-electron chi connectivity index (χ4n) is 5.17. The van der Waals surface area contributed by atoms with E-state index in [1.165, 1.54) is 32.1 Å². The molecule has 0 unspecified atom stereocenters. The first-order valence-electron chi connectivity index (χ1n) is 11.7. The van der Waals surface area contributed by atoms with Gasteiger partial charge in [-0.1, -0.05) is 37.7 Å². The zero-order chi connectivity index (χ0) is 20.6. The van der Waals surface area contributed by atoms with Gasteiger partial charge in [0.15, 0.2) is 0 Å². The summed E-state index contributed by atoms with van der Waals surface area (Å²) in [6, 6.07) is 3.09. The van der Waals surface area contributed by atoms with Gasteiger partial charge in [-0.3, -0.25) is 0 Å². The number of halogens is 2. The van der Waals surface area contributed by atoms with E-state index >= 15 is 0 Å². The normalized spacial score (nSPS) is 27.1. The summed E-state index contributed by atoms with van der Waals surface area (Å²) in [7, 11) is 0. The zero-order valence-corrected chi connectivity index (χ0v) is 18.0. The molecule has 0 heterocycles. The van der Waals surface area contributed by atoms with E-state index in [0.717, 1.165) is 62.3 Å². The van der Waals surface area contributed by atoms with Crippen LogP contribution in [0.15, 0.2) is 24.8 Å². The van der Waals surface area contributed by atoms with Gasteiger partial charge < -0.3 is 0 Å². The quantitative estimate of drug-likeness (QED) is 0.257. The van der Waals surface area contributed by atoms with Gasteiger partial charge in [0.1, 0.15) is 11.6 Å². The van der Waals surface area contributed by atoms with Crippen molar-refractivity contribution in [2.45, 2.75) is 89.9 Å². The van der Waals surface area contributed by atoms with Crippen LogP contribution < -0.4 is 0 Å². The molecule has 0 bridgehead atoms. The predicted octanol–water partition coefficient (Wildman–Crippen LogP) is 8.16. The maximum absolute atomic E-state index is 14.7. The Morgan fingerprint density at radius 1 is 0.966 bits per heavy atom. The van der Waals surface area contributed by atoms with Crippen LogP contribution in [0, 0.1) is 41.2 Å². The highest BCUT2D eigenvalue weighted by atomic mass is 19.1. The van der Waals surface area contributed by atoms with Crippen LogP contribution in [0.4, 0.5) is 8.78 Å². The van der Waals surface area contributed by atoms with Crippen LogP contribution in [0.2, 0.25) is 0 Å². The van der Waals surface area contributed by atoms with Crippen molar-refractivity contribution in [1.82, 2.24) is 0 Å². The van der Waals surface area contributed by atoms with E-state index in [1.807, 2.05) is 6.08 Å². The summed E-state index contributed by atoms with van der Waals surface area (Å²) in [5.41, 5.74) is 0.781. The van der Waals surface area contributed by atoms with Gasteiger partial charge in [-0.2, -0.15) is 0 Å². The highest BCUT2D eigenvalue weighted by Gasteiger charge is 2.24. The smallest absolute Gasteiger partial charge is 0.142 e. The molecular weight excluding hydrogens is 362 g/mol. The molecule has 0 atom stereocenters. The monoisotopic (exact) mass is 398 g/mol. The van der Waals surface area contributed by atoms with Crippen LogP contribution in [0.25, 0.3) is 0 Å². The van der Waals surface area contributed by atoms with Crippen LogP contribution in [0.1, 0.15) is 101 Å². The van der Waals surface area contributed by atoms with Gasteiger partial charge in [-0.25, -0.2) is 8.78 Å². The van der Waals surface area contributed by atoms with Crippen molar-refractivity contribution >= 4 is 0 Å². The average molecular weight is 399 g/mol. The number of hydrogen-bond acceptors (Lipinski definition) is 0. The topological polar surface area (TPSA) is 0 Å². The molecule has 0 aliphatic heterocycles. The standard InChI is InChI=1S/C27H36F2/c1-3-5-6-7-21-12-15-23(16-13-21)24-18-26(28)25(27(29)19-24)17-14-22-10-8-20(4-2)9-11-22/h3,18-23H,1,4-13,15-16H2,2H3. The van der Waals surface area contributed by atoms with Crippen LogP contribution in [-0.4, -0.2) is 0 Å². The van der Waals surface area contributed by atoms with Crippen LogP contribution in [0.5, 0.6) is 0 Å². The summed E-state index contributed by atoms with van der Waals surface area (Å²) < 4.78 is 29.3. The molecule has 158 valence electrons. The summed E-state index contributed by atoms with van der Waals surface area (Å²) in [5.74, 6) is 7.16. The summed E-state index contributed by atoms with van der Waals surface area (Å²) in [6.07, 6.45) is 15.6. The Morgan fingerprint density at radius 2 is 1.59 bits per heavy atom. The van der Waals surface area contributed by atoms with Crippen LogP contribution in [0.3, 0.4) is 0 Å². The maximum Gasteiger partial charge on any atom is 0.142 e. The summed E-state index contributed by atoms with van der Waals surface area (Å²) in [6.45, 7) is 6.02. The van der Waals surface area contributed by atoms with E-state index in [1.54, 1.807) is 12.1 Å². The molecule has 0 spiro atoms. The molecule has 0 saturated heterocycles. The Kier molecular flexibility index (Phi) is 8.34. The SMILES string of the molecule is C=CCCCC1CCC(c2cc(F)c(C#CC3CCC(CC)CC3)c(F)c2)CC1. The molecule has 0 N–H and O–H groups in total. The van der Waals surface area contributed by atoms with Crippen molar-refractivity contribution in [3.8, 4) is 11.8 Å². The van der Waals surface area contributed by atoms with Gasteiger partial charge in [-0.15, -0.1) is 6.58 Å². The minimum atomic E-state index is -0.483. The molecule has 1 aromatic rings. The second-order valence-corrected chi connectivity index (χ2v) is 9.19. The lowest BCUT2D eigenvalue weighted by molar-refractivity contribution is 0.305. The summed E-state index contributed by atoms with van der Waals surface area (Å²) >= 11 is 0. The average Bonchev–Trinajstić information content (AvgIpc) is 2.74. The molecule has 2 fully saturated rings. The number of allylic oxidation sites excluding steroid dienone is 1. The van der Waals surface area contributed by atoms with Crippen molar-refractivity contribution in [3.05, 3.63) is 47.5 Å². The fourth-order valence-corrected chi connectivity index (χ4v) is 5.17. The summed E-state index contributed by atoms with van der Waals surface area (Å²) in [5, 5.41) is 0. The summed E-state index contributed by atoms with van der Waals surface area (Å²) in [4.78, 5) is 0. The third-order valence-electron chi connectivity index (χ3n) is 7.23. The van der Waals surface area contributed by atoms with Crippen molar-refractivity contribution in [3.63, 3.8) is 0 Å². The lowest BCUT2D eigenvalue weighted by Gasteiger charge is -2.29. The second-order valence-electron chi connectivity index (χ2n) is 9.19. The third-order valence-corrected chi connectivity index (χ3v) is 7.23. The van der Waals surface area contributed by atoms with Crippen LogP contribution >= 0.6 is 0 Å². The molecule has 2 heteroatoms. The van der Waals surface area contributed by atoms with E-state index < -0.39 is 11.6 Å². The first kappa shape index (κ1) is 22.1. The Bertz CT molecular complexity index is 700. The highest BCUT2D eigenvalue weighted by molar-refractivity contribution is 5.40. The largest absolute Gasteiger partial charge is 0.206 e. The van der Waals surface area contributed by atoms with E-state index in [2.05, 4.69) is 25.3 Å². The van der Waals surface area contributed by atoms with Crippen molar-refractivity contribution in [2.24, 2.45) is 17.8 Å². The Hall–Kier alpha value is -1.62. The third kappa shape index (κ3) is 6.18. The van der Waals surface area contributed by atoms with Crippen molar-refractivity contribution in [2.75, 3.05) is 0 Å². The van der Waals surface area contributed by atoms with Gasteiger partial charge in [0.2, 0.25) is 0 Å². The molecule has 0 nitrogen and oxygen atoms in total. The van der Waals surface area contributed by atoms with Gasteiger partial charge in [0.05, 0.1) is 5.56 Å². The van der Waals surface area contributed by atoms with Gasteiger partial charge in [-0.05, 0) is 99.7 Å². The number of hydrogen-bond donors (Lipinski definition) is 0. The van der Waals surface area contributed by atoms with Crippen molar-refractivity contribution in [1.29, 1.82) is 0 Å². The first-order valence-corrected chi connectivity index (χ1v) is 11.7. The molecule has 0 aromatic heterocycles. The maximum atomic E-state index is 14.7. The van der Waals surface area contributed by atoms with Gasteiger partial charge in [0, 0.05) is 5.92 Å². The Labute approximate surface area is 176 Å². The lowest BCUT2D eigenvalue weighted by atomic mass is 9.77. The molecule has 1 aromatic carbocycles. The molecular formula is C27H36F2. The van der Waals surface area contributed by atoms with Crippen LogP contribution in [-0.2, 0) is 0 Å². The first-order chi connectivity index (χ1) is 14.1. The number of benzene rings is 1. The van der Waals surface area contributed by atoms with E-state index in [9.17, 15) is 8.78 Å². The Morgan fingerprint density at radius 3 is 2.17 bits per heavy atom. The highest BCUT2D eigenvalue weighted by Crippen LogP contribution is 2.38. The molecule has 2 aliphatic rings. The minimum Gasteiger partial charge on any atom is -0.206 e. The Balaban J connectivity index is 1.59. The van der Waals surface area contributed by atoms with Crippen molar-refractivity contribution < 1.29 is 8.78 Å². The molecule has 2 saturated carbocycles. The molecule has 2 aliphatic carbocycles. The second kappa shape index (κ2) is 11.0. The molecule has 0 radical (unpaired) electrons. The van der Waals surface area contributed by atoms with E-state index in [0.29, 0.717) is 0 Å². The molecule has 3 rings (SSSR count). The van der Waals surface area contributed by atoms with E-state index in [4.69, 9.17) is 0 Å². The zero-order valence-electron chi connectivity index (χ0n) is 18.0. The number of unbranched alkanes of at least 4 members (excludes halogenated alkanes) is 1.